The highest BCUT2D eigenvalue weighted by Crippen LogP contribution is 2.15. The summed E-state index contributed by atoms with van der Waals surface area (Å²) in [7, 11) is 0. The van der Waals surface area contributed by atoms with E-state index in [-0.39, 0.29) is 5.91 Å². The van der Waals surface area contributed by atoms with Crippen LogP contribution in [0, 0.1) is 6.92 Å². The van der Waals surface area contributed by atoms with Crippen molar-refractivity contribution >= 4 is 11.6 Å². The number of carbonyl (C=O) groups excluding carboxylic acids is 1. The highest BCUT2D eigenvalue weighted by Gasteiger charge is 2.18. The van der Waals surface area contributed by atoms with Gasteiger partial charge in [-0.3, -0.25) is 9.48 Å². The minimum atomic E-state index is -0.195. The zero-order valence-electron chi connectivity index (χ0n) is 12.0. The Morgan fingerprint density at radius 1 is 1.42 bits per heavy atom. The van der Waals surface area contributed by atoms with Crippen LogP contribution in [0.25, 0.3) is 0 Å². The molecule has 108 valence electrons. The van der Waals surface area contributed by atoms with Gasteiger partial charge in [0.2, 0.25) is 0 Å². The molecule has 0 aliphatic rings. The fraction of sp³-hybridized carbons (Fsp3) is 0.692. The van der Waals surface area contributed by atoms with Crippen LogP contribution in [-0.4, -0.2) is 35.4 Å². The topological polar surface area (TPSA) is 82.2 Å². The maximum absolute atomic E-state index is 12.0. The molecule has 0 aliphatic heterocycles. The normalized spacial score (nSPS) is 10.7. The van der Waals surface area contributed by atoms with E-state index in [0.717, 1.165) is 19.4 Å². The maximum atomic E-state index is 12.0. The number of carbonyl (C=O) groups is 1. The monoisotopic (exact) mass is 268 g/mol. The molecule has 1 aromatic heterocycles. The van der Waals surface area contributed by atoms with Crippen molar-refractivity contribution < 1.29 is 9.53 Å². The lowest BCUT2D eigenvalue weighted by Crippen LogP contribution is -2.30. The minimum absolute atomic E-state index is 0.195. The van der Waals surface area contributed by atoms with Crippen molar-refractivity contribution in [2.45, 2.75) is 40.2 Å². The highest BCUT2D eigenvalue weighted by atomic mass is 16.5. The van der Waals surface area contributed by atoms with Crippen molar-refractivity contribution in [1.29, 1.82) is 0 Å². The molecule has 1 aromatic rings. The number of aryl methyl sites for hydroxylation is 2. The number of amides is 1. The molecule has 6 nitrogen and oxygen atoms in total. The summed E-state index contributed by atoms with van der Waals surface area (Å²) in [5.74, 6) is -0.195. The van der Waals surface area contributed by atoms with Gasteiger partial charge in [-0.15, -0.1) is 0 Å². The number of hydrogen-bond donors (Lipinski definition) is 2. The molecular formula is C13H24N4O2. The molecule has 19 heavy (non-hydrogen) atoms. The first-order valence-electron chi connectivity index (χ1n) is 6.80. The molecule has 0 aromatic carbocycles. The van der Waals surface area contributed by atoms with Crippen molar-refractivity contribution in [1.82, 2.24) is 15.1 Å². The molecule has 6 heteroatoms. The quantitative estimate of drug-likeness (QED) is 0.697. The minimum Gasteiger partial charge on any atom is -0.395 e. The number of ether oxygens (including phenoxy) is 1. The summed E-state index contributed by atoms with van der Waals surface area (Å²) in [4.78, 5) is 12.0. The molecule has 0 unspecified atom stereocenters. The summed E-state index contributed by atoms with van der Waals surface area (Å²) in [5, 5.41) is 7.02. The first-order chi connectivity index (χ1) is 9.11. The predicted molar refractivity (Wildman–Crippen MR) is 75.1 cm³/mol. The number of hydrogen-bond acceptors (Lipinski definition) is 4. The molecule has 0 spiro atoms. The van der Waals surface area contributed by atoms with Crippen LogP contribution in [0.4, 0.5) is 5.69 Å². The van der Waals surface area contributed by atoms with Gasteiger partial charge in [0.25, 0.3) is 5.91 Å². The number of nitrogens with two attached hydrogens (primary N) is 1. The molecule has 0 atom stereocenters. The Morgan fingerprint density at radius 3 is 2.79 bits per heavy atom. The van der Waals surface area contributed by atoms with Crippen LogP contribution in [0.1, 0.15) is 42.9 Å². The molecule has 1 rings (SSSR count). The van der Waals surface area contributed by atoms with Crippen LogP contribution in [0.2, 0.25) is 0 Å². The Morgan fingerprint density at radius 2 is 2.16 bits per heavy atom. The summed E-state index contributed by atoms with van der Waals surface area (Å²) in [6.07, 6.45) is 2.15. The Labute approximate surface area is 114 Å². The second-order valence-corrected chi connectivity index (χ2v) is 4.39. The zero-order valence-corrected chi connectivity index (χ0v) is 12.0. The SMILES string of the molecule is CCCCOCCNC(=O)c1c(N)c(C)nn1CC. The second-order valence-electron chi connectivity index (χ2n) is 4.39. The molecule has 3 N–H and O–H groups in total. The van der Waals surface area contributed by atoms with Gasteiger partial charge in [-0.1, -0.05) is 13.3 Å². The highest BCUT2D eigenvalue weighted by molar-refractivity contribution is 5.97. The summed E-state index contributed by atoms with van der Waals surface area (Å²) in [6, 6.07) is 0. The number of nitrogens with zero attached hydrogens (tertiary/aromatic N) is 2. The molecule has 0 bridgehead atoms. The zero-order chi connectivity index (χ0) is 14.3. The Hall–Kier alpha value is -1.56. The molecule has 0 aliphatic carbocycles. The van der Waals surface area contributed by atoms with Gasteiger partial charge in [-0.25, -0.2) is 0 Å². The standard InChI is InChI=1S/C13H24N4O2/c1-4-6-8-19-9-7-15-13(18)12-11(14)10(3)16-17(12)5-2/h4-9,14H2,1-3H3,(H,15,18). The van der Waals surface area contributed by atoms with E-state index in [2.05, 4.69) is 17.3 Å². The fourth-order valence-electron chi connectivity index (χ4n) is 1.73. The van der Waals surface area contributed by atoms with Crippen molar-refractivity contribution in [3.05, 3.63) is 11.4 Å². The van der Waals surface area contributed by atoms with E-state index in [9.17, 15) is 4.79 Å². The Balaban J connectivity index is 2.45. The third-order valence-corrected chi connectivity index (χ3v) is 2.86. The third kappa shape index (κ3) is 4.24. The Bertz CT molecular complexity index is 415. The maximum Gasteiger partial charge on any atom is 0.271 e. The van der Waals surface area contributed by atoms with E-state index in [0.29, 0.717) is 36.8 Å². The van der Waals surface area contributed by atoms with Gasteiger partial charge in [0.15, 0.2) is 0 Å². The van der Waals surface area contributed by atoms with E-state index in [1.807, 2.05) is 6.92 Å². The van der Waals surface area contributed by atoms with E-state index < -0.39 is 0 Å². The molecule has 1 heterocycles. The van der Waals surface area contributed by atoms with Crippen molar-refractivity contribution in [3.8, 4) is 0 Å². The lowest BCUT2D eigenvalue weighted by Gasteiger charge is -2.08. The van der Waals surface area contributed by atoms with E-state index in [1.54, 1.807) is 11.6 Å². The second kappa shape index (κ2) is 7.78. The van der Waals surface area contributed by atoms with Crippen LogP contribution < -0.4 is 11.1 Å². The van der Waals surface area contributed by atoms with Gasteiger partial charge in [-0.2, -0.15) is 5.10 Å². The molecule has 0 radical (unpaired) electrons. The average Bonchev–Trinajstić information content (AvgIpc) is 2.69. The first-order valence-corrected chi connectivity index (χ1v) is 6.80. The van der Waals surface area contributed by atoms with Gasteiger partial charge < -0.3 is 15.8 Å². The third-order valence-electron chi connectivity index (χ3n) is 2.86. The number of rotatable bonds is 8. The number of aromatic nitrogens is 2. The van der Waals surface area contributed by atoms with Gasteiger partial charge in [0.05, 0.1) is 18.0 Å². The van der Waals surface area contributed by atoms with E-state index >= 15 is 0 Å². The van der Waals surface area contributed by atoms with Crippen LogP contribution >= 0.6 is 0 Å². The summed E-state index contributed by atoms with van der Waals surface area (Å²) < 4.78 is 7.01. The van der Waals surface area contributed by atoms with Gasteiger partial charge in [0.1, 0.15) is 5.69 Å². The van der Waals surface area contributed by atoms with Gasteiger partial charge in [0, 0.05) is 19.7 Å². The lowest BCUT2D eigenvalue weighted by atomic mass is 10.3. The fourth-order valence-corrected chi connectivity index (χ4v) is 1.73. The predicted octanol–water partition coefficient (Wildman–Crippen LogP) is 1.34. The van der Waals surface area contributed by atoms with E-state index in [1.165, 1.54) is 0 Å². The van der Waals surface area contributed by atoms with Crippen molar-refractivity contribution in [3.63, 3.8) is 0 Å². The largest absolute Gasteiger partial charge is 0.395 e. The van der Waals surface area contributed by atoms with Crippen LogP contribution in [0.3, 0.4) is 0 Å². The van der Waals surface area contributed by atoms with Crippen molar-refractivity contribution in [2.24, 2.45) is 0 Å². The smallest absolute Gasteiger partial charge is 0.271 e. The van der Waals surface area contributed by atoms with E-state index in [4.69, 9.17) is 10.5 Å². The summed E-state index contributed by atoms with van der Waals surface area (Å²) >= 11 is 0. The number of anilines is 1. The lowest BCUT2D eigenvalue weighted by molar-refractivity contribution is 0.0903. The van der Waals surface area contributed by atoms with Crippen LogP contribution in [0.5, 0.6) is 0 Å². The Kier molecular flexibility index (Phi) is 6.35. The number of unbranched alkanes of at least 4 members (excludes halogenated alkanes) is 1. The first kappa shape index (κ1) is 15.5. The van der Waals surface area contributed by atoms with Crippen LogP contribution in [-0.2, 0) is 11.3 Å². The number of nitrogen functional groups attached to an aromatic ring is 1. The van der Waals surface area contributed by atoms with Crippen LogP contribution in [0.15, 0.2) is 0 Å². The van der Waals surface area contributed by atoms with Crippen molar-refractivity contribution in [2.75, 3.05) is 25.5 Å². The summed E-state index contributed by atoms with van der Waals surface area (Å²) in [6.45, 7) is 8.19. The molecule has 0 fully saturated rings. The summed E-state index contributed by atoms with van der Waals surface area (Å²) in [5.41, 5.74) is 7.45. The van der Waals surface area contributed by atoms with Gasteiger partial charge >= 0.3 is 0 Å². The number of nitrogens with one attached hydrogen (secondary N) is 1. The van der Waals surface area contributed by atoms with Gasteiger partial charge in [-0.05, 0) is 20.3 Å². The molecule has 0 saturated heterocycles. The average molecular weight is 268 g/mol. The molecule has 0 saturated carbocycles. The molecular weight excluding hydrogens is 244 g/mol. The molecule has 1 amide bonds.